The van der Waals surface area contributed by atoms with Crippen LogP contribution in [0.4, 0.5) is 0 Å². The van der Waals surface area contributed by atoms with Crippen molar-refractivity contribution in [2.75, 3.05) is 25.2 Å². The molecule has 0 saturated carbocycles. The van der Waals surface area contributed by atoms with Crippen LogP contribution in [0.3, 0.4) is 0 Å². The van der Waals surface area contributed by atoms with Crippen LogP contribution in [0.2, 0.25) is 0 Å². The van der Waals surface area contributed by atoms with Gasteiger partial charge in [0.25, 0.3) is 0 Å². The summed E-state index contributed by atoms with van der Waals surface area (Å²) in [4.78, 5) is 12.1. The summed E-state index contributed by atoms with van der Waals surface area (Å²) >= 11 is 3.44. The van der Waals surface area contributed by atoms with Gasteiger partial charge in [-0.1, -0.05) is 60.9 Å². The van der Waals surface area contributed by atoms with Gasteiger partial charge in [-0.05, 0) is 38.5 Å². The third-order valence-corrected chi connectivity index (χ3v) is 5.72. The Kier molecular flexibility index (Phi) is 25.4. The average Bonchev–Trinajstić information content (AvgIpc) is 2.80. The van der Waals surface area contributed by atoms with Crippen LogP contribution < -0.4 is 0 Å². The molecule has 0 N–H and O–H groups in total. The molecule has 0 aromatic rings. The van der Waals surface area contributed by atoms with Gasteiger partial charge >= 0.3 is 5.97 Å². The van der Waals surface area contributed by atoms with Crippen LogP contribution in [0.25, 0.3) is 0 Å². The predicted molar refractivity (Wildman–Crippen MR) is 137 cm³/mol. The van der Waals surface area contributed by atoms with E-state index in [1.165, 1.54) is 19.3 Å². The zero-order valence-corrected chi connectivity index (χ0v) is 21.7. The van der Waals surface area contributed by atoms with Crippen molar-refractivity contribution in [3.05, 3.63) is 0 Å². The minimum absolute atomic E-state index is 0.161. The van der Waals surface area contributed by atoms with Gasteiger partial charge in [0.15, 0.2) is 6.29 Å². The van der Waals surface area contributed by atoms with Gasteiger partial charge in [-0.25, -0.2) is 0 Å². The fourth-order valence-electron chi connectivity index (χ4n) is 3.23. The minimum atomic E-state index is -0.344. The number of ether oxygens (including phenoxy) is 3. The van der Waals surface area contributed by atoms with Crippen molar-refractivity contribution in [3.8, 4) is 24.7 Å². The summed E-state index contributed by atoms with van der Waals surface area (Å²) in [6.45, 7) is 1.80. The number of hydrogen-bond donors (Lipinski definition) is 0. The highest BCUT2D eigenvalue weighted by atomic mass is 79.9. The highest BCUT2D eigenvalue weighted by molar-refractivity contribution is 9.09. The second-order valence-electron chi connectivity index (χ2n) is 8.12. The summed E-state index contributed by atoms with van der Waals surface area (Å²) in [6.07, 6.45) is 27.0. The monoisotopic (exact) mass is 512 g/mol. The maximum absolute atomic E-state index is 12.1. The summed E-state index contributed by atoms with van der Waals surface area (Å²) in [6, 6.07) is 0. The molecular weight excluding hydrogens is 468 g/mol. The van der Waals surface area contributed by atoms with Crippen LogP contribution in [-0.4, -0.2) is 37.4 Å². The first-order valence-corrected chi connectivity index (χ1v) is 13.7. The van der Waals surface area contributed by atoms with Crippen molar-refractivity contribution >= 4 is 21.9 Å². The number of hydrogen-bond acceptors (Lipinski definition) is 4. The maximum Gasteiger partial charge on any atom is 0.305 e. The van der Waals surface area contributed by atoms with E-state index >= 15 is 0 Å². The summed E-state index contributed by atoms with van der Waals surface area (Å²) < 4.78 is 17.2. The van der Waals surface area contributed by atoms with Crippen molar-refractivity contribution in [1.82, 2.24) is 0 Å². The standard InChI is InChI=1S/C27H45BrO4/c1-3-5-7-9-13-18-24-31-27(32-25-19-14-10-8-6-4-2)21-20-26(29)30-23-17-15-11-12-16-22-28/h1-2,27H,5-25H2. The van der Waals surface area contributed by atoms with Crippen LogP contribution in [0.15, 0.2) is 0 Å². The van der Waals surface area contributed by atoms with E-state index in [1.807, 2.05) is 0 Å². The van der Waals surface area contributed by atoms with Gasteiger partial charge in [0.2, 0.25) is 0 Å². The Hall–Kier alpha value is -1.01. The van der Waals surface area contributed by atoms with Gasteiger partial charge in [0.1, 0.15) is 0 Å². The number of alkyl halides is 1. The first kappa shape index (κ1) is 31.0. The number of unbranched alkanes of at least 4 members (excludes halogenated alkanes) is 12. The predicted octanol–water partition coefficient (Wildman–Crippen LogP) is 7.18. The lowest BCUT2D eigenvalue weighted by atomic mass is 10.1. The van der Waals surface area contributed by atoms with Crippen LogP contribution in [0.1, 0.15) is 109 Å². The van der Waals surface area contributed by atoms with E-state index in [0.29, 0.717) is 32.7 Å². The first-order chi connectivity index (χ1) is 15.7. The van der Waals surface area contributed by atoms with Gasteiger partial charge in [-0.3, -0.25) is 4.79 Å². The summed E-state index contributed by atoms with van der Waals surface area (Å²) in [5.74, 6) is 5.18. The molecule has 0 aromatic carbocycles. The smallest absolute Gasteiger partial charge is 0.305 e. The van der Waals surface area contributed by atoms with E-state index in [0.717, 1.165) is 82.4 Å². The first-order valence-electron chi connectivity index (χ1n) is 12.6. The minimum Gasteiger partial charge on any atom is -0.466 e. The number of halogens is 1. The molecule has 0 aromatic heterocycles. The molecule has 0 amide bonds. The normalized spacial score (nSPS) is 10.8. The fraction of sp³-hybridized carbons (Fsp3) is 0.815. The maximum atomic E-state index is 12.1. The molecule has 0 rings (SSSR count). The zero-order chi connectivity index (χ0) is 23.5. The third-order valence-electron chi connectivity index (χ3n) is 5.16. The Morgan fingerprint density at radius 3 is 1.69 bits per heavy atom. The molecule has 0 heterocycles. The third kappa shape index (κ3) is 23.6. The van der Waals surface area contributed by atoms with E-state index in [2.05, 4.69) is 27.8 Å². The Labute approximate surface area is 206 Å². The Morgan fingerprint density at radius 1 is 0.688 bits per heavy atom. The Balaban J connectivity index is 4.01. The Bertz CT molecular complexity index is 467. The second-order valence-corrected chi connectivity index (χ2v) is 8.92. The number of carbonyl (C=O) groups excluding carboxylic acids is 1. The van der Waals surface area contributed by atoms with E-state index in [9.17, 15) is 4.79 Å². The van der Waals surface area contributed by atoms with Crippen LogP contribution in [0, 0.1) is 24.7 Å². The van der Waals surface area contributed by atoms with Crippen LogP contribution in [-0.2, 0) is 19.0 Å². The lowest BCUT2D eigenvalue weighted by Crippen LogP contribution is -2.21. The average molecular weight is 514 g/mol. The molecule has 32 heavy (non-hydrogen) atoms. The van der Waals surface area contributed by atoms with Gasteiger partial charge in [0.05, 0.1) is 13.0 Å². The molecule has 0 aliphatic rings. The topological polar surface area (TPSA) is 44.8 Å². The Morgan fingerprint density at radius 2 is 1.16 bits per heavy atom. The molecule has 0 aliphatic carbocycles. The van der Waals surface area contributed by atoms with Crippen molar-refractivity contribution in [2.24, 2.45) is 0 Å². The van der Waals surface area contributed by atoms with Crippen LogP contribution in [0.5, 0.6) is 0 Å². The number of terminal acetylenes is 2. The number of rotatable bonds is 24. The van der Waals surface area contributed by atoms with Gasteiger partial charge < -0.3 is 14.2 Å². The molecular formula is C27H45BrO4. The summed E-state index contributed by atoms with van der Waals surface area (Å²) in [5, 5.41) is 1.06. The molecule has 4 nitrogen and oxygen atoms in total. The lowest BCUT2D eigenvalue weighted by molar-refractivity contribution is -0.159. The van der Waals surface area contributed by atoms with E-state index in [1.54, 1.807) is 0 Å². The van der Waals surface area contributed by atoms with E-state index in [4.69, 9.17) is 27.1 Å². The molecule has 5 heteroatoms. The van der Waals surface area contributed by atoms with E-state index < -0.39 is 0 Å². The summed E-state index contributed by atoms with van der Waals surface area (Å²) in [7, 11) is 0. The highest BCUT2D eigenvalue weighted by Gasteiger charge is 2.13. The van der Waals surface area contributed by atoms with Crippen molar-refractivity contribution < 1.29 is 19.0 Å². The van der Waals surface area contributed by atoms with Crippen molar-refractivity contribution in [2.45, 2.75) is 115 Å². The van der Waals surface area contributed by atoms with Crippen LogP contribution >= 0.6 is 15.9 Å². The van der Waals surface area contributed by atoms with Crippen molar-refractivity contribution in [1.29, 1.82) is 0 Å². The molecule has 0 spiro atoms. The second kappa shape index (κ2) is 26.2. The molecule has 0 atom stereocenters. The van der Waals surface area contributed by atoms with Crippen molar-refractivity contribution in [3.63, 3.8) is 0 Å². The molecule has 0 saturated heterocycles. The zero-order valence-electron chi connectivity index (χ0n) is 20.1. The highest BCUT2D eigenvalue weighted by Crippen LogP contribution is 2.11. The van der Waals surface area contributed by atoms with E-state index in [-0.39, 0.29) is 12.3 Å². The van der Waals surface area contributed by atoms with Gasteiger partial charge in [-0.15, -0.1) is 24.7 Å². The molecule has 0 unspecified atom stereocenters. The number of carbonyl (C=O) groups is 1. The molecule has 0 radical (unpaired) electrons. The molecule has 0 bridgehead atoms. The lowest BCUT2D eigenvalue weighted by Gasteiger charge is -2.18. The fourth-order valence-corrected chi connectivity index (χ4v) is 3.63. The number of esters is 1. The molecule has 184 valence electrons. The summed E-state index contributed by atoms with van der Waals surface area (Å²) in [5.41, 5.74) is 0. The quantitative estimate of drug-likeness (QED) is 0.0451. The molecule has 0 fully saturated rings. The SMILES string of the molecule is C#CCCCCCCOC(CCC(=O)OCCCCCCCBr)OCCCCCCC#C. The molecule has 0 aliphatic heterocycles. The van der Waals surface area contributed by atoms with Gasteiger partial charge in [-0.2, -0.15) is 0 Å². The van der Waals surface area contributed by atoms with Gasteiger partial charge in [0, 0.05) is 37.8 Å². The largest absolute Gasteiger partial charge is 0.466 e.